The molecule has 0 saturated heterocycles. The van der Waals surface area contributed by atoms with E-state index in [4.69, 9.17) is 10.8 Å². The molecule has 1 rings (SSSR count). The fraction of sp³-hybridized carbons (Fsp3) is 0.300. The molecule has 1 aromatic carbocycles. The Morgan fingerprint density at radius 3 is 2.71 bits per heavy atom. The normalized spacial score (nSPS) is 12.5. The third kappa shape index (κ3) is 2.29. The lowest BCUT2D eigenvalue weighted by Gasteiger charge is -2.08. The molecule has 0 heterocycles. The van der Waals surface area contributed by atoms with Crippen LogP contribution < -0.4 is 5.73 Å². The Labute approximate surface area is 81.4 Å². The number of aliphatic carboxylic acids is 1. The van der Waals surface area contributed by atoms with E-state index >= 15 is 0 Å². The van der Waals surface area contributed by atoms with Crippen molar-refractivity contribution in [2.45, 2.75) is 19.4 Å². The van der Waals surface area contributed by atoms with Crippen molar-refractivity contribution in [2.75, 3.05) is 0 Å². The first kappa shape index (κ1) is 10.7. The fourth-order valence-corrected chi connectivity index (χ4v) is 1.20. The SMILES string of the molecule is CCc1cc(F)cc(C(N)C(=O)O)c1. The average Bonchev–Trinajstić information content (AvgIpc) is 2.15. The maximum atomic E-state index is 13.0. The van der Waals surface area contributed by atoms with Crippen LogP contribution in [0.5, 0.6) is 0 Å². The molecule has 14 heavy (non-hydrogen) atoms. The second kappa shape index (κ2) is 4.19. The van der Waals surface area contributed by atoms with E-state index in [9.17, 15) is 9.18 Å². The maximum absolute atomic E-state index is 13.0. The van der Waals surface area contributed by atoms with Crippen molar-refractivity contribution >= 4 is 5.97 Å². The van der Waals surface area contributed by atoms with Crippen molar-refractivity contribution in [1.82, 2.24) is 0 Å². The number of aryl methyl sites for hydroxylation is 1. The van der Waals surface area contributed by atoms with Crippen LogP contribution >= 0.6 is 0 Å². The third-order valence-electron chi connectivity index (χ3n) is 2.01. The Bertz CT molecular complexity index is 352. The largest absolute Gasteiger partial charge is 0.480 e. The number of carboxylic acid groups (broad SMARTS) is 1. The standard InChI is InChI=1S/C10H12FNO2/c1-2-6-3-7(5-8(11)4-6)9(12)10(13)14/h3-5,9H,2,12H2,1H3,(H,13,14). The van der Waals surface area contributed by atoms with Crippen LogP contribution in [-0.4, -0.2) is 11.1 Å². The summed E-state index contributed by atoms with van der Waals surface area (Å²) in [6.45, 7) is 1.87. The number of carboxylic acids is 1. The monoisotopic (exact) mass is 197 g/mol. The van der Waals surface area contributed by atoms with Crippen LogP contribution in [0.2, 0.25) is 0 Å². The van der Waals surface area contributed by atoms with Crippen LogP contribution in [0.1, 0.15) is 24.1 Å². The number of hydrogen-bond acceptors (Lipinski definition) is 2. The van der Waals surface area contributed by atoms with Gasteiger partial charge in [-0.3, -0.25) is 4.79 Å². The number of nitrogens with two attached hydrogens (primary N) is 1. The van der Waals surface area contributed by atoms with Crippen molar-refractivity contribution in [3.63, 3.8) is 0 Å². The maximum Gasteiger partial charge on any atom is 0.325 e. The first-order chi connectivity index (χ1) is 6.54. The number of hydrogen-bond donors (Lipinski definition) is 2. The molecule has 76 valence electrons. The lowest BCUT2D eigenvalue weighted by molar-refractivity contribution is -0.138. The molecule has 0 radical (unpaired) electrons. The van der Waals surface area contributed by atoms with Crippen LogP contribution in [0, 0.1) is 5.82 Å². The number of halogens is 1. The molecule has 1 unspecified atom stereocenters. The van der Waals surface area contributed by atoms with Crippen molar-refractivity contribution in [3.05, 3.63) is 35.1 Å². The average molecular weight is 197 g/mol. The second-order valence-corrected chi connectivity index (χ2v) is 3.06. The van der Waals surface area contributed by atoms with E-state index in [1.165, 1.54) is 6.07 Å². The van der Waals surface area contributed by atoms with E-state index in [0.29, 0.717) is 12.0 Å². The van der Waals surface area contributed by atoms with Gasteiger partial charge in [0, 0.05) is 0 Å². The minimum Gasteiger partial charge on any atom is -0.480 e. The molecule has 0 saturated carbocycles. The van der Waals surface area contributed by atoms with Gasteiger partial charge in [-0.05, 0) is 29.7 Å². The predicted molar refractivity (Wildman–Crippen MR) is 50.3 cm³/mol. The highest BCUT2D eigenvalue weighted by molar-refractivity contribution is 5.75. The van der Waals surface area contributed by atoms with Crippen LogP contribution in [0.3, 0.4) is 0 Å². The van der Waals surface area contributed by atoms with E-state index in [1.807, 2.05) is 6.92 Å². The van der Waals surface area contributed by atoms with E-state index in [-0.39, 0.29) is 0 Å². The van der Waals surface area contributed by atoms with E-state index in [2.05, 4.69) is 0 Å². The van der Waals surface area contributed by atoms with Crippen LogP contribution in [0.4, 0.5) is 4.39 Å². The molecule has 0 aromatic heterocycles. The molecular weight excluding hydrogens is 185 g/mol. The lowest BCUT2D eigenvalue weighted by Crippen LogP contribution is -2.20. The summed E-state index contributed by atoms with van der Waals surface area (Å²) >= 11 is 0. The van der Waals surface area contributed by atoms with Crippen molar-refractivity contribution < 1.29 is 14.3 Å². The van der Waals surface area contributed by atoms with Crippen molar-refractivity contribution in [3.8, 4) is 0 Å². The summed E-state index contributed by atoms with van der Waals surface area (Å²) in [6.07, 6.45) is 0.650. The topological polar surface area (TPSA) is 63.3 Å². The van der Waals surface area contributed by atoms with Gasteiger partial charge >= 0.3 is 5.97 Å². The van der Waals surface area contributed by atoms with Gasteiger partial charge in [-0.25, -0.2) is 4.39 Å². The zero-order valence-electron chi connectivity index (χ0n) is 7.83. The molecule has 0 aliphatic rings. The van der Waals surface area contributed by atoms with Gasteiger partial charge in [0.2, 0.25) is 0 Å². The Hall–Kier alpha value is -1.42. The van der Waals surface area contributed by atoms with Crippen LogP contribution in [0.15, 0.2) is 18.2 Å². The predicted octanol–water partition coefficient (Wildman–Crippen LogP) is 1.47. The Balaban J connectivity index is 3.08. The second-order valence-electron chi connectivity index (χ2n) is 3.06. The smallest absolute Gasteiger partial charge is 0.325 e. The molecule has 0 fully saturated rings. The van der Waals surface area contributed by atoms with Gasteiger partial charge in [0.15, 0.2) is 0 Å². The molecule has 3 N–H and O–H groups in total. The van der Waals surface area contributed by atoms with Gasteiger partial charge in [-0.1, -0.05) is 13.0 Å². The first-order valence-electron chi connectivity index (χ1n) is 4.32. The summed E-state index contributed by atoms with van der Waals surface area (Å²) in [6, 6.07) is 2.98. The van der Waals surface area contributed by atoms with Gasteiger partial charge < -0.3 is 10.8 Å². The summed E-state index contributed by atoms with van der Waals surface area (Å²) in [7, 11) is 0. The summed E-state index contributed by atoms with van der Waals surface area (Å²) < 4.78 is 13.0. The minimum atomic E-state index is -1.16. The highest BCUT2D eigenvalue weighted by Gasteiger charge is 2.15. The summed E-state index contributed by atoms with van der Waals surface area (Å²) in [5, 5.41) is 8.64. The molecule has 0 bridgehead atoms. The molecule has 1 atom stereocenters. The van der Waals surface area contributed by atoms with Crippen molar-refractivity contribution in [2.24, 2.45) is 5.73 Å². The molecule has 0 aliphatic heterocycles. The summed E-state index contributed by atoms with van der Waals surface area (Å²) in [5.74, 6) is -1.60. The van der Waals surface area contributed by atoms with E-state index in [1.54, 1.807) is 6.07 Å². The highest BCUT2D eigenvalue weighted by Crippen LogP contribution is 2.15. The van der Waals surface area contributed by atoms with Crippen molar-refractivity contribution in [1.29, 1.82) is 0 Å². The Morgan fingerprint density at radius 2 is 2.21 bits per heavy atom. The molecule has 3 nitrogen and oxygen atoms in total. The van der Waals surface area contributed by atoms with Gasteiger partial charge in [0.05, 0.1) is 0 Å². The van der Waals surface area contributed by atoms with E-state index in [0.717, 1.165) is 11.6 Å². The van der Waals surface area contributed by atoms with Gasteiger partial charge in [-0.15, -0.1) is 0 Å². The lowest BCUT2D eigenvalue weighted by atomic mass is 10.0. The molecule has 0 spiro atoms. The number of rotatable bonds is 3. The Morgan fingerprint density at radius 1 is 1.57 bits per heavy atom. The van der Waals surface area contributed by atoms with Gasteiger partial charge in [0.1, 0.15) is 11.9 Å². The van der Waals surface area contributed by atoms with Gasteiger partial charge in [-0.2, -0.15) is 0 Å². The molecule has 0 aliphatic carbocycles. The first-order valence-corrected chi connectivity index (χ1v) is 4.32. The molecular formula is C10H12FNO2. The number of carbonyl (C=O) groups is 1. The van der Waals surface area contributed by atoms with Crippen LogP contribution in [0.25, 0.3) is 0 Å². The summed E-state index contributed by atoms with van der Waals surface area (Å²) in [4.78, 5) is 10.6. The molecule has 0 amide bonds. The van der Waals surface area contributed by atoms with Crippen LogP contribution in [-0.2, 0) is 11.2 Å². The molecule has 1 aromatic rings. The number of benzene rings is 1. The van der Waals surface area contributed by atoms with Gasteiger partial charge in [0.25, 0.3) is 0 Å². The summed E-state index contributed by atoms with van der Waals surface area (Å²) in [5.41, 5.74) is 6.41. The third-order valence-corrected chi connectivity index (χ3v) is 2.01. The zero-order valence-corrected chi connectivity index (χ0v) is 7.83. The quantitative estimate of drug-likeness (QED) is 0.771. The zero-order chi connectivity index (χ0) is 10.7. The molecule has 4 heteroatoms. The minimum absolute atomic E-state index is 0.300. The highest BCUT2D eigenvalue weighted by atomic mass is 19.1. The fourth-order valence-electron chi connectivity index (χ4n) is 1.20. The van der Waals surface area contributed by atoms with E-state index < -0.39 is 17.8 Å². The Kier molecular flexibility index (Phi) is 3.19.